The van der Waals surface area contributed by atoms with Crippen LogP contribution in [0.3, 0.4) is 0 Å². The molecule has 1 N–H and O–H groups in total. The molecule has 0 aliphatic carbocycles. The largest absolute Gasteiger partial charge is 0.389 e. The number of nitrogens with zero attached hydrogens (tertiary/aromatic N) is 2. The van der Waals surface area contributed by atoms with Gasteiger partial charge in [0, 0.05) is 18.0 Å². The zero-order chi connectivity index (χ0) is 12.1. The maximum Gasteiger partial charge on any atom is 0.126 e. The van der Waals surface area contributed by atoms with E-state index in [9.17, 15) is 4.39 Å². The SMILES string of the molecule is OC/C(F)=C\c1ccc(-c2cncnc2)cc1. The number of aliphatic hydroxyl groups is 1. The molecule has 3 nitrogen and oxygen atoms in total. The summed E-state index contributed by atoms with van der Waals surface area (Å²) in [7, 11) is 0. The van der Waals surface area contributed by atoms with E-state index in [2.05, 4.69) is 9.97 Å². The van der Waals surface area contributed by atoms with Gasteiger partial charge in [0.2, 0.25) is 0 Å². The highest BCUT2D eigenvalue weighted by Gasteiger charge is 1.98. The van der Waals surface area contributed by atoms with Crippen LogP contribution in [0.1, 0.15) is 5.56 Å². The molecule has 0 aliphatic rings. The molecule has 1 aromatic heterocycles. The van der Waals surface area contributed by atoms with Gasteiger partial charge in [-0.05, 0) is 17.2 Å². The van der Waals surface area contributed by atoms with Gasteiger partial charge in [-0.2, -0.15) is 0 Å². The second-order valence-electron chi connectivity index (χ2n) is 3.50. The van der Waals surface area contributed by atoms with E-state index in [1.807, 2.05) is 12.1 Å². The quantitative estimate of drug-likeness (QED) is 0.880. The van der Waals surface area contributed by atoms with Gasteiger partial charge in [-0.1, -0.05) is 24.3 Å². The van der Waals surface area contributed by atoms with Crippen LogP contribution in [0.5, 0.6) is 0 Å². The summed E-state index contributed by atoms with van der Waals surface area (Å²) in [6, 6.07) is 7.26. The zero-order valence-electron chi connectivity index (χ0n) is 9.05. The molecule has 0 amide bonds. The lowest BCUT2D eigenvalue weighted by molar-refractivity contribution is 0.300. The van der Waals surface area contributed by atoms with Gasteiger partial charge >= 0.3 is 0 Å². The van der Waals surface area contributed by atoms with E-state index in [0.717, 1.165) is 11.1 Å². The second-order valence-corrected chi connectivity index (χ2v) is 3.50. The number of rotatable bonds is 3. The first-order chi connectivity index (χ1) is 8.29. The molecule has 0 saturated carbocycles. The van der Waals surface area contributed by atoms with Crippen LogP contribution in [0, 0.1) is 0 Å². The molecule has 0 unspecified atom stereocenters. The smallest absolute Gasteiger partial charge is 0.126 e. The minimum absolute atomic E-state index is 0.555. The lowest BCUT2D eigenvalue weighted by Crippen LogP contribution is -1.84. The number of hydrogen-bond donors (Lipinski definition) is 1. The zero-order valence-corrected chi connectivity index (χ0v) is 9.05. The van der Waals surface area contributed by atoms with Gasteiger partial charge in [0.05, 0.1) is 6.61 Å². The van der Waals surface area contributed by atoms with E-state index in [1.54, 1.807) is 24.5 Å². The first-order valence-corrected chi connectivity index (χ1v) is 5.12. The molecular weight excluding hydrogens is 219 g/mol. The molecule has 86 valence electrons. The van der Waals surface area contributed by atoms with Crippen molar-refractivity contribution < 1.29 is 9.50 Å². The average molecular weight is 230 g/mol. The van der Waals surface area contributed by atoms with Gasteiger partial charge in [-0.15, -0.1) is 0 Å². The Bertz CT molecular complexity index is 509. The van der Waals surface area contributed by atoms with Gasteiger partial charge in [-0.3, -0.25) is 0 Å². The van der Waals surface area contributed by atoms with Crippen molar-refractivity contribution in [3.05, 3.63) is 54.4 Å². The third-order valence-corrected chi connectivity index (χ3v) is 2.28. The molecule has 17 heavy (non-hydrogen) atoms. The number of hydrogen-bond acceptors (Lipinski definition) is 3. The van der Waals surface area contributed by atoms with Crippen LogP contribution in [-0.4, -0.2) is 21.7 Å². The van der Waals surface area contributed by atoms with Crippen molar-refractivity contribution in [3.63, 3.8) is 0 Å². The molecule has 0 spiro atoms. The van der Waals surface area contributed by atoms with Crippen LogP contribution in [0.2, 0.25) is 0 Å². The Kier molecular flexibility index (Phi) is 3.57. The van der Waals surface area contributed by atoms with Gasteiger partial charge in [-0.25, -0.2) is 14.4 Å². The molecule has 0 fully saturated rings. The summed E-state index contributed by atoms with van der Waals surface area (Å²) < 4.78 is 12.8. The highest BCUT2D eigenvalue weighted by molar-refractivity contribution is 5.64. The molecule has 0 aliphatic heterocycles. The van der Waals surface area contributed by atoms with Gasteiger partial charge in [0.1, 0.15) is 12.2 Å². The van der Waals surface area contributed by atoms with Crippen LogP contribution >= 0.6 is 0 Å². The minimum Gasteiger partial charge on any atom is -0.389 e. The Morgan fingerprint density at radius 2 is 1.76 bits per heavy atom. The fourth-order valence-corrected chi connectivity index (χ4v) is 1.45. The predicted molar refractivity (Wildman–Crippen MR) is 63.6 cm³/mol. The Morgan fingerprint density at radius 1 is 1.12 bits per heavy atom. The molecule has 0 atom stereocenters. The van der Waals surface area contributed by atoms with Crippen molar-refractivity contribution >= 4 is 6.08 Å². The first-order valence-electron chi connectivity index (χ1n) is 5.12. The Labute approximate surface area is 98.3 Å². The maximum atomic E-state index is 12.8. The average Bonchev–Trinajstić information content (AvgIpc) is 2.40. The predicted octanol–water partition coefficient (Wildman–Crippen LogP) is 2.45. The van der Waals surface area contributed by atoms with Crippen molar-refractivity contribution in [2.75, 3.05) is 6.61 Å². The molecule has 0 bridgehead atoms. The Morgan fingerprint density at radius 3 is 2.35 bits per heavy atom. The normalized spacial score (nSPS) is 11.5. The summed E-state index contributed by atoms with van der Waals surface area (Å²) in [6.45, 7) is -0.575. The van der Waals surface area contributed by atoms with E-state index >= 15 is 0 Å². The summed E-state index contributed by atoms with van der Waals surface area (Å²) in [5.74, 6) is -0.555. The van der Waals surface area contributed by atoms with E-state index < -0.39 is 12.4 Å². The summed E-state index contributed by atoms with van der Waals surface area (Å²) in [5.41, 5.74) is 2.58. The van der Waals surface area contributed by atoms with E-state index in [0.29, 0.717) is 5.56 Å². The summed E-state index contributed by atoms with van der Waals surface area (Å²) in [4.78, 5) is 7.86. The monoisotopic (exact) mass is 230 g/mol. The molecule has 4 heteroatoms. The van der Waals surface area contributed by atoms with E-state index in [-0.39, 0.29) is 0 Å². The first kappa shape index (κ1) is 11.4. The molecule has 2 aromatic rings. The van der Waals surface area contributed by atoms with Crippen molar-refractivity contribution in [2.24, 2.45) is 0 Å². The van der Waals surface area contributed by atoms with Crippen LogP contribution in [0.15, 0.2) is 48.8 Å². The lowest BCUT2D eigenvalue weighted by Gasteiger charge is -2.01. The molecular formula is C13H11FN2O. The topological polar surface area (TPSA) is 46.0 Å². The summed E-state index contributed by atoms with van der Waals surface area (Å²) in [6.07, 6.45) is 6.20. The lowest BCUT2D eigenvalue weighted by atomic mass is 10.1. The fourth-order valence-electron chi connectivity index (χ4n) is 1.45. The van der Waals surface area contributed by atoms with Crippen LogP contribution < -0.4 is 0 Å². The van der Waals surface area contributed by atoms with E-state index in [4.69, 9.17) is 5.11 Å². The number of aromatic nitrogens is 2. The molecule has 2 rings (SSSR count). The van der Waals surface area contributed by atoms with Crippen molar-refractivity contribution in [1.29, 1.82) is 0 Å². The van der Waals surface area contributed by atoms with E-state index in [1.165, 1.54) is 12.4 Å². The van der Waals surface area contributed by atoms with Crippen LogP contribution in [0.4, 0.5) is 4.39 Å². The van der Waals surface area contributed by atoms with Crippen molar-refractivity contribution in [3.8, 4) is 11.1 Å². The highest BCUT2D eigenvalue weighted by atomic mass is 19.1. The second kappa shape index (κ2) is 5.32. The van der Waals surface area contributed by atoms with Crippen LogP contribution in [-0.2, 0) is 0 Å². The third kappa shape index (κ3) is 2.95. The maximum absolute atomic E-state index is 12.8. The van der Waals surface area contributed by atoms with Gasteiger partial charge in [0.25, 0.3) is 0 Å². The minimum atomic E-state index is -0.575. The van der Waals surface area contributed by atoms with Crippen LogP contribution in [0.25, 0.3) is 17.2 Å². The van der Waals surface area contributed by atoms with Crippen molar-refractivity contribution in [1.82, 2.24) is 9.97 Å². The molecule has 0 radical (unpaired) electrons. The highest BCUT2D eigenvalue weighted by Crippen LogP contribution is 2.18. The molecule has 1 heterocycles. The molecule has 1 aromatic carbocycles. The molecule has 0 saturated heterocycles. The third-order valence-electron chi connectivity index (χ3n) is 2.28. The Hall–Kier alpha value is -2.07. The standard InChI is InChI=1S/C13H11FN2O/c14-13(8-17)5-10-1-3-11(4-2-10)12-6-15-9-16-7-12/h1-7,9,17H,8H2/b13-5+. The number of benzene rings is 1. The summed E-state index contributed by atoms with van der Waals surface area (Å²) >= 11 is 0. The number of aliphatic hydroxyl groups excluding tert-OH is 1. The Balaban J connectivity index is 2.25. The summed E-state index contributed by atoms with van der Waals surface area (Å²) in [5, 5.41) is 8.57. The van der Waals surface area contributed by atoms with Crippen molar-refractivity contribution in [2.45, 2.75) is 0 Å². The van der Waals surface area contributed by atoms with Gasteiger partial charge < -0.3 is 5.11 Å². The van der Waals surface area contributed by atoms with Gasteiger partial charge in [0.15, 0.2) is 0 Å². The fraction of sp³-hybridized carbons (Fsp3) is 0.0769. The number of halogens is 1.